The Labute approximate surface area is 257 Å². The summed E-state index contributed by atoms with van der Waals surface area (Å²) in [5.74, 6) is 0. The molecule has 0 unspecified atom stereocenters. The molecule has 0 amide bonds. The zero-order chi connectivity index (χ0) is 15.8. The van der Waals surface area contributed by atoms with E-state index in [1.165, 1.54) is 64.2 Å². The Balaban J connectivity index is -0.000000667. The van der Waals surface area contributed by atoms with Crippen molar-refractivity contribution in [2.45, 2.75) is 96.1 Å². The van der Waals surface area contributed by atoms with Crippen molar-refractivity contribution in [2.75, 3.05) is 6.61 Å². The minimum absolute atomic E-state index is 0. The van der Waals surface area contributed by atoms with Gasteiger partial charge in [-0.25, -0.2) is 0 Å². The molecule has 0 rings (SSSR count). The summed E-state index contributed by atoms with van der Waals surface area (Å²) in [6.45, 7) is 1.97. The summed E-state index contributed by atoms with van der Waals surface area (Å²) in [7, 11) is 0. The summed E-state index contributed by atoms with van der Waals surface area (Å²) >= 11 is 0. The van der Waals surface area contributed by atoms with Gasteiger partial charge in [-0.15, -0.1) is 0 Å². The van der Waals surface area contributed by atoms with Crippen LogP contribution in [0.2, 0.25) is 0 Å². The number of aliphatic hydroxyl groups is 2. The van der Waals surface area contributed by atoms with Gasteiger partial charge in [-0.2, -0.15) is 0 Å². The van der Waals surface area contributed by atoms with Gasteiger partial charge in [-0.1, -0.05) is 89.3 Å². The van der Waals surface area contributed by atoms with Crippen LogP contribution in [-0.4, -0.2) is 29.0 Å². The minimum Gasteiger partial charge on any atom is -0.670 e. The second kappa shape index (κ2) is 29.1. The molecule has 0 aromatic heterocycles. The van der Waals surface area contributed by atoms with Gasteiger partial charge in [-0.05, 0) is 12.8 Å². The van der Waals surface area contributed by atoms with Crippen LogP contribution in [-0.2, 0) is 0 Å². The van der Waals surface area contributed by atoms with Crippen molar-refractivity contribution < 1.29 is 142 Å². The van der Waals surface area contributed by atoms with E-state index in [0.717, 1.165) is 12.8 Å². The third kappa shape index (κ3) is 25.9. The van der Waals surface area contributed by atoms with Crippen molar-refractivity contribution in [1.82, 2.24) is 0 Å². The van der Waals surface area contributed by atoms with E-state index in [0.29, 0.717) is 0 Å². The normalized spacial score (nSPS) is 12.8. The maximum absolute atomic E-state index is 9.46. The van der Waals surface area contributed by atoms with Crippen LogP contribution in [0.4, 0.5) is 0 Å². The Morgan fingerprint density at radius 3 is 1.62 bits per heavy atom. The SMILES string of the molecule is CCCCCCCCCCCCC/C=C/[C@@H](O)[C@@H]([NH-])CO.[Ac].[Ac].[Ac]. The predicted molar refractivity (Wildman–Crippen MR) is 91.4 cm³/mol. The molecule has 3 nitrogen and oxygen atoms in total. The molecular formula is C18H36Ac3NO2-. The molecule has 0 aromatic carbocycles. The van der Waals surface area contributed by atoms with Crippen molar-refractivity contribution in [3.05, 3.63) is 17.9 Å². The van der Waals surface area contributed by atoms with E-state index >= 15 is 0 Å². The van der Waals surface area contributed by atoms with Crippen molar-refractivity contribution >= 4 is 0 Å². The van der Waals surface area contributed by atoms with Crippen LogP contribution in [0.3, 0.4) is 0 Å². The summed E-state index contributed by atoms with van der Waals surface area (Å²) < 4.78 is 0. The summed E-state index contributed by atoms with van der Waals surface area (Å²) in [4.78, 5) is 0. The van der Waals surface area contributed by atoms with Gasteiger partial charge in [0.2, 0.25) is 0 Å². The molecule has 3 N–H and O–H groups in total. The van der Waals surface area contributed by atoms with Crippen LogP contribution in [0, 0.1) is 132 Å². The van der Waals surface area contributed by atoms with E-state index in [1.807, 2.05) is 6.08 Å². The van der Waals surface area contributed by atoms with E-state index in [9.17, 15) is 5.11 Å². The maximum atomic E-state index is 9.46. The van der Waals surface area contributed by atoms with Gasteiger partial charge in [-0.3, -0.25) is 0 Å². The standard InChI is InChI=1S/C18H36NO2.3Ac/c1-2-3-4-5-6-7-8-9-10-11-12-13-14-15-18(21)17(19)16-20;;;/h14-15,17-21H,2-13,16H2,1H3;;;/q-1;;;/b15-14+;;;/t17-,18+;;;/m0.../s1. The number of allylic oxidation sites excluding steroid dienone is 1. The number of hydrogen-bond acceptors (Lipinski definition) is 2. The van der Waals surface area contributed by atoms with Crippen LogP contribution in [0.1, 0.15) is 84.0 Å². The average molecular weight is 979 g/mol. The molecule has 0 saturated heterocycles. The summed E-state index contributed by atoms with van der Waals surface area (Å²) in [5.41, 5.74) is 7.34. The van der Waals surface area contributed by atoms with Crippen molar-refractivity contribution in [3.63, 3.8) is 0 Å². The zero-order valence-electron chi connectivity index (χ0n) is 15.6. The van der Waals surface area contributed by atoms with Gasteiger partial charge in [0.05, 0.1) is 6.10 Å². The minimum atomic E-state index is -0.831. The second-order valence-corrected chi connectivity index (χ2v) is 6.03. The molecule has 0 heterocycles. The first-order chi connectivity index (χ1) is 10.2. The first-order valence-electron chi connectivity index (χ1n) is 8.89. The van der Waals surface area contributed by atoms with Crippen molar-refractivity contribution in [1.29, 1.82) is 0 Å². The Morgan fingerprint density at radius 1 is 0.792 bits per heavy atom. The predicted octanol–water partition coefficient (Wildman–Crippen LogP) is 5.02. The molecule has 0 spiro atoms. The smallest absolute Gasteiger partial charge is 0.0581 e. The second-order valence-electron chi connectivity index (χ2n) is 6.03. The molecule has 24 heavy (non-hydrogen) atoms. The molecule has 135 valence electrons. The molecule has 2 atom stereocenters. The zero-order valence-corrected chi connectivity index (χ0v) is 29.9. The maximum Gasteiger partial charge on any atom is 0.0581 e. The van der Waals surface area contributed by atoms with Crippen LogP contribution < -0.4 is 0 Å². The van der Waals surface area contributed by atoms with Crippen LogP contribution in [0.25, 0.3) is 5.73 Å². The van der Waals surface area contributed by atoms with Gasteiger partial charge in [0.25, 0.3) is 0 Å². The molecular weight excluding hydrogens is 943 g/mol. The first-order valence-corrected chi connectivity index (χ1v) is 8.89. The fourth-order valence-electron chi connectivity index (χ4n) is 2.40. The summed E-state index contributed by atoms with van der Waals surface area (Å²) in [5, 5.41) is 18.2. The Kier molecular flexibility index (Phi) is 43.0. The Morgan fingerprint density at radius 2 is 1.21 bits per heavy atom. The van der Waals surface area contributed by atoms with E-state index in [1.54, 1.807) is 6.08 Å². The van der Waals surface area contributed by atoms with Crippen LogP contribution >= 0.6 is 0 Å². The number of nitrogens with one attached hydrogen (secondary N) is 1. The topological polar surface area (TPSA) is 64.3 Å². The molecule has 0 aromatic rings. The summed E-state index contributed by atoms with van der Waals surface area (Å²) in [6.07, 6.45) is 18.5. The van der Waals surface area contributed by atoms with Gasteiger partial charge in [0.1, 0.15) is 0 Å². The average Bonchev–Trinajstić information content (AvgIpc) is 2.50. The quantitative estimate of drug-likeness (QED) is 0.179. The largest absolute Gasteiger partial charge is 0.670 e. The third-order valence-electron chi connectivity index (χ3n) is 3.92. The van der Waals surface area contributed by atoms with Crippen LogP contribution in [0.5, 0.6) is 0 Å². The molecule has 0 fully saturated rings. The molecule has 6 heteroatoms. The molecule has 0 aliphatic heterocycles. The Bertz CT molecular complexity index is 244. The molecule has 0 bridgehead atoms. The molecule has 0 aliphatic carbocycles. The van der Waals surface area contributed by atoms with Gasteiger partial charge in [0, 0.05) is 139 Å². The summed E-state index contributed by atoms with van der Waals surface area (Å²) in [6, 6.07) is -0.807. The number of unbranched alkanes of at least 4 members (excludes halogenated alkanes) is 11. The number of aliphatic hydroxyl groups excluding tert-OH is 2. The van der Waals surface area contributed by atoms with E-state index in [2.05, 4.69) is 6.92 Å². The van der Waals surface area contributed by atoms with E-state index in [-0.39, 0.29) is 139 Å². The molecule has 3 radical (unpaired) electrons. The van der Waals surface area contributed by atoms with E-state index in [4.69, 9.17) is 10.8 Å². The molecule has 0 saturated carbocycles. The first kappa shape index (κ1) is 35.4. The Hall–Kier alpha value is 3.94. The van der Waals surface area contributed by atoms with Crippen LogP contribution in [0.15, 0.2) is 12.2 Å². The number of rotatable bonds is 15. The van der Waals surface area contributed by atoms with Gasteiger partial charge < -0.3 is 15.9 Å². The molecule has 0 aliphatic rings. The monoisotopic (exact) mass is 979 g/mol. The fourth-order valence-corrected chi connectivity index (χ4v) is 2.40. The van der Waals surface area contributed by atoms with Gasteiger partial charge in [0.15, 0.2) is 0 Å². The fraction of sp³-hybridized carbons (Fsp3) is 0.889. The van der Waals surface area contributed by atoms with Crippen molar-refractivity contribution in [3.8, 4) is 0 Å². The van der Waals surface area contributed by atoms with E-state index < -0.39 is 12.1 Å². The third-order valence-corrected chi connectivity index (χ3v) is 3.92. The van der Waals surface area contributed by atoms with Crippen molar-refractivity contribution in [2.24, 2.45) is 0 Å². The number of hydrogen-bond donors (Lipinski definition) is 2. The van der Waals surface area contributed by atoms with Gasteiger partial charge >= 0.3 is 0 Å².